The highest BCUT2D eigenvalue weighted by molar-refractivity contribution is 8.18. The van der Waals surface area contributed by atoms with Gasteiger partial charge in [0.05, 0.1) is 18.1 Å². The van der Waals surface area contributed by atoms with Gasteiger partial charge in [0.1, 0.15) is 42.5 Å². The lowest BCUT2D eigenvalue weighted by atomic mass is 9.81. The summed E-state index contributed by atoms with van der Waals surface area (Å²) in [5.41, 5.74) is 6.39. The summed E-state index contributed by atoms with van der Waals surface area (Å²) in [6, 6.07) is 49.0. The fourth-order valence-electron chi connectivity index (χ4n) is 18.9. The molecule has 700 valence electrons. The molecule has 3 fully saturated rings. The van der Waals surface area contributed by atoms with Gasteiger partial charge in [0.2, 0.25) is 0 Å². The van der Waals surface area contributed by atoms with Crippen LogP contribution in [0.4, 0.5) is 9.59 Å². The molecule has 3 saturated carbocycles. The van der Waals surface area contributed by atoms with Crippen LogP contribution in [0, 0.1) is 17.8 Å². The summed E-state index contributed by atoms with van der Waals surface area (Å²) in [6.45, 7) is 43.0. The van der Waals surface area contributed by atoms with Crippen molar-refractivity contribution in [1.82, 2.24) is 44.5 Å². The SMILES string of the molecule is CC(C)C1=C(C(=O)N(C(C)C)C2CC(N(C)C(=O)OC(C)(C)C)C2)SC2=N[C@@](C)(c3ccc(Cl)cc3)[C@@H](c3ccc(Cl)cc3)N21.CC(C)C1=C(C(=O)N(C(C)C)C2CC(N(C)C)C2)SC2=N[C@@](C)(c3ccc(Cl)cc3)[C@@H](c3ccc(Cl)cc3)N21.CC(C)C1=C(C(=O)O)SC2=N[C@@](C)(c3ccc(Cl)cc3)[C@@H](c3ccc(Cl)cc3)N21.CC(C)NC1CC(N(C)C(=O)OC(C)(C)C)C1. The predicted octanol–water partition coefficient (Wildman–Crippen LogP) is 25.1. The first-order valence-electron chi connectivity index (χ1n) is 45.0. The molecule has 0 radical (unpaired) electrons. The van der Waals surface area contributed by atoms with Gasteiger partial charge in [-0.15, -0.1) is 0 Å². The number of allylic oxidation sites excluding steroid dienone is 3. The van der Waals surface area contributed by atoms with Crippen LogP contribution in [0.5, 0.6) is 0 Å². The van der Waals surface area contributed by atoms with Crippen LogP contribution in [0.15, 0.2) is 192 Å². The number of halogens is 6. The topological polar surface area (TPSA) is 199 Å². The summed E-state index contributed by atoms with van der Waals surface area (Å²) in [5, 5.41) is 19.7. The fraction of sp³-hybridized carbons (Fsp3) is 0.505. The van der Waals surface area contributed by atoms with E-state index in [0.29, 0.717) is 77.2 Å². The predicted molar refractivity (Wildman–Crippen MR) is 537 cm³/mol. The maximum Gasteiger partial charge on any atom is 0.410 e. The van der Waals surface area contributed by atoms with Crippen molar-refractivity contribution in [3.63, 3.8) is 0 Å². The van der Waals surface area contributed by atoms with E-state index < -0.39 is 33.8 Å². The smallest absolute Gasteiger partial charge is 0.410 e. The first-order valence-corrected chi connectivity index (χ1v) is 49.8. The molecule has 4 amide bonds. The van der Waals surface area contributed by atoms with Crippen LogP contribution in [0.2, 0.25) is 30.1 Å². The molecule has 6 aromatic rings. The number of carbonyl (C=O) groups is 5. The number of rotatable bonds is 21. The number of benzene rings is 6. The third-order valence-electron chi connectivity index (χ3n) is 25.5. The van der Waals surface area contributed by atoms with Gasteiger partial charge in [0.25, 0.3) is 11.8 Å². The lowest BCUT2D eigenvalue weighted by Crippen LogP contribution is -2.58. The largest absolute Gasteiger partial charge is 0.477 e. The van der Waals surface area contributed by atoms with Gasteiger partial charge in [-0.05, 0) is 302 Å². The normalized spacial score (nSPS) is 24.9. The number of hydrogen-bond donors (Lipinski definition) is 2. The van der Waals surface area contributed by atoms with Gasteiger partial charge in [-0.25, -0.2) is 29.4 Å². The highest BCUT2D eigenvalue weighted by Gasteiger charge is 2.58. The number of carbonyl (C=O) groups excluding carboxylic acids is 4. The number of carboxylic acid groups (broad SMARTS) is 1. The van der Waals surface area contributed by atoms with Gasteiger partial charge in [0, 0.05) is 116 Å². The summed E-state index contributed by atoms with van der Waals surface area (Å²) in [7, 11) is 7.85. The molecular weight excluding hydrogens is 1820 g/mol. The van der Waals surface area contributed by atoms with E-state index >= 15 is 0 Å². The minimum absolute atomic E-state index is 0.0134. The molecule has 0 bridgehead atoms. The Bertz CT molecular complexity index is 5330. The van der Waals surface area contributed by atoms with E-state index in [4.69, 9.17) is 94.1 Å². The lowest BCUT2D eigenvalue weighted by molar-refractivity contribution is -0.135. The minimum Gasteiger partial charge on any atom is -0.477 e. The van der Waals surface area contributed by atoms with Crippen molar-refractivity contribution >= 4 is 150 Å². The molecule has 0 saturated heterocycles. The van der Waals surface area contributed by atoms with E-state index in [1.165, 1.54) is 35.3 Å². The summed E-state index contributed by atoms with van der Waals surface area (Å²) >= 11 is 41.6. The molecule has 9 aliphatic rings. The van der Waals surface area contributed by atoms with Gasteiger partial charge in [-0.1, -0.05) is 198 Å². The number of aliphatic carboxylic acids is 1. The zero-order valence-electron chi connectivity index (χ0n) is 79.5. The van der Waals surface area contributed by atoms with Crippen LogP contribution in [-0.4, -0.2) is 184 Å². The Balaban J connectivity index is 0.000000164. The first kappa shape index (κ1) is 102. The van der Waals surface area contributed by atoms with E-state index in [9.17, 15) is 29.1 Å². The number of amidine groups is 3. The van der Waals surface area contributed by atoms with Crippen LogP contribution < -0.4 is 5.32 Å². The monoisotopic (exact) mass is 1940 g/mol. The highest BCUT2D eigenvalue weighted by Crippen LogP contribution is 2.61. The van der Waals surface area contributed by atoms with Crippen LogP contribution >= 0.6 is 105 Å². The molecule has 15 rings (SSSR count). The molecule has 20 nitrogen and oxygen atoms in total. The first-order chi connectivity index (χ1) is 60.8. The van der Waals surface area contributed by atoms with Crippen molar-refractivity contribution in [2.24, 2.45) is 32.7 Å². The van der Waals surface area contributed by atoms with Crippen molar-refractivity contribution in [1.29, 1.82) is 0 Å². The average Bonchev–Trinajstić information content (AvgIpc) is 1.56. The second-order valence-corrected chi connectivity index (χ2v) is 45.3. The second-order valence-electron chi connectivity index (χ2n) is 39.8. The molecule has 6 atom stereocenters. The van der Waals surface area contributed by atoms with Gasteiger partial charge in [0.15, 0.2) is 15.5 Å². The lowest BCUT2D eigenvalue weighted by Gasteiger charge is -2.48. The molecule has 6 aliphatic heterocycles. The molecule has 3 aliphatic carbocycles. The molecule has 0 aromatic heterocycles. The number of hydrogen-bond acceptors (Lipinski definition) is 18. The summed E-state index contributed by atoms with van der Waals surface area (Å²) in [5.74, 6) is -0.546. The molecular formula is C101H128Cl6N12O8S3. The van der Waals surface area contributed by atoms with E-state index in [1.807, 2.05) is 177 Å². The Hall–Kier alpha value is -7.39. The minimum atomic E-state index is -0.918. The van der Waals surface area contributed by atoms with Gasteiger partial charge in [-0.2, -0.15) is 0 Å². The van der Waals surface area contributed by atoms with Gasteiger partial charge in [-0.3, -0.25) is 9.59 Å². The van der Waals surface area contributed by atoms with Crippen molar-refractivity contribution in [2.45, 2.75) is 284 Å². The Morgan fingerprint density at radius 3 is 0.900 bits per heavy atom. The quantitative estimate of drug-likeness (QED) is 0.0689. The number of ether oxygens (including phenoxy) is 2. The van der Waals surface area contributed by atoms with Crippen LogP contribution in [-0.2, 0) is 40.5 Å². The number of fused-ring (bicyclic) bond motifs is 3. The number of nitrogens with zero attached hydrogens (tertiary/aromatic N) is 11. The maximum absolute atomic E-state index is 14.6. The van der Waals surface area contributed by atoms with Crippen molar-refractivity contribution in [3.8, 4) is 0 Å². The number of aliphatic imine (C=N–C) groups is 3. The third-order valence-corrected chi connectivity index (χ3v) is 30.2. The zero-order chi connectivity index (χ0) is 95.4. The number of carboxylic acids is 1. The van der Waals surface area contributed by atoms with Crippen LogP contribution in [0.3, 0.4) is 0 Å². The summed E-state index contributed by atoms with van der Waals surface area (Å²) in [4.78, 5) is 99.4. The van der Waals surface area contributed by atoms with E-state index in [-0.39, 0.29) is 90.1 Å². The van der Waals surface area contributed by atoms with E-state index in [2.05, 4.69) is 170 Å². The molecule has 6 heterocycles. The molecule has 0 spiro atoms. The molecule has 29 heteroatoms. The molecule has 6 aromatic carbocycles. The highest BCUT2D eigenvalue weighted by atomic mass is 35.5. The molecule has 0 unspecified atom stereocenters. The Morgan fingerprint density at radius 2 is 0.654 bits per heavy atom. The van der Waals surface area contributed by atoms with Crippen molar-refractivity contribution in [2.75, 3.05) is 28.2 Å². The standard InChI is InChI=1S/C35H44Cl2N4O3S.C31H38Cl2N4OS.C22H20Cl2N2O2S.C13H26N2O2/c1-20(2)28-29(31(42)40(21(3)4)27-18-26(19-27)39(9)33(43)44-34(5,6)7)45-32-38-35(8,23-12-16-25(37)17-13-23)30(41(28)32)22-10-14-24(36)15-11-22;1-18(2)26-27(29(38)36(19(3)4)25-16-24(17-25)35(6)7)39-30-34-31(5,21-10-14-23(33)15-11-21)28(37(26)30)20-8-12-22(32)13-9-20;1-12(2)17-18(20(27)28)29-21-25-22(3,14-6-10-16(24)11-7-14)19(26(17)21)13-4-8-15(23)9-5-13;1-9(2)14-10-7-11(8-10)15(6)12(16)17-13(3,4)5/h10-17,20-21,26-27,30H,18-19H2,1-9H3;8-15,18-19,24-25,28H,16-17H2,1-7H3;4-12,19H,1-3H3,(H,27,28);9-11,14H,7-8H2,1-6H3/t26?,27?,30-,35+;24?,25?,28-,31+;19-,22+;/m111./s1. The maximum atomic E-state index is 14.6. The second kappa shape index (κ2) is 40.7. The third kappa shape index (κ3) is 21.8. The van der Waals surface area contributed by atoms with Gasteiger partial charge >= 0.3 is 18.2 Å². The Kier molecular flexibility index (Phi) is 31.8. The van der Waals surface area contributed by atoms with Crippen molar-refractivity contribution < 1.29 is 38.6 Å². The zero-order valence-corrected chi connectivity index (χ0v) is 86.5. The number of amides is 4. The summed E-state index contributed by atoms with van der Waals surface area (Å²) in [6.07, 6.45) is 4.94. The van der Waals surface area contributed by atoms with E-state index in [1.54, 1.807) is 16.8 Å². The van der Waals surface area contributed by atoms with Crippen LogP contribution in [0.1, 0.15) is 235 Å². The Labute approximate surface area is 813 Å². The van der Waals surface area contributed by atoms with Crippen molar-refractivity contribution in [3.05, 3.63) is 241 Å². The van der Waals surface area contributed by atoms with E-state index in [0.717, 1.165) is 96.3 Å². The number of nitrogens with one attached hydrogen (secondary N) is 1. The average molecular weight is 1950 g/mol. The summed E-state index contributed by atoms with van der Waals surface area (Å²) < 4.78 is 10.9. The Morgan fingerprint density at radius 1 is 0.400 bits per heavy atom. The number of thioether (sulfide) groups is 3. The van der Waals surface area contributed by atoms with Gasteiger partial charge < -0.3 is 59.1 Å². The molecule has 2 N–H and O–H groups in total. The fourth-order valence-corrected chi connectivity index (χ4v) is 23.6. The van der Waals surface area contributed by atoms with Crippen LogP contribution in [0.25, 0.3) is 0 Å². The molecule has 130 heavy (non-hydrogen) atoms.